The van der Waals surface area contributed by atoms with Crippen molar-refractivity contribution in [1.29, 1.82) is 0 Å². The molecule has 2 heteroatoms. The van der Waals surface area contributed by atoms with Gasteiger partial charge in [-0.1, -0.05) is 62.9 Å². The van der Waals surface area contributed by atoms with E-state index < -0.39 is 0 Å². The molecule has 1 heterocycles. The van der Waals surface area contributed by atoms with Crippen LogP contribution in [0.25, 0.3) is 0 Å². The summed E-state index contributed by atoms with van der Waals surface area (Å²) in [7, 11) is 0. The predicted octanol–water partition coefficient (Wildman–Crippen LogP) is 6.04. The molecule has 21 heavy (non-hydrogen) atoms. The molecular weight excluding hydrogens is 276 g/mol. The molecule has 0 saturated carbocycles. The maximum atomic E-state index is 5.34. The third kappa shape index (κ3) is 11.5. The van der Waals surface area contributed by atoms with E-state index in [1.165, 1.54) is 62.7 Å². The third-order valence-electron chi connectivity index (χ3n) is 3.53. The average molecular weight is 307 g/mol. The van der Waals surface area contributed by atoms with Crippen LogP contribution in [-0.4, -0.2) is 13.2 Å². The van der Waals surface area contributed by atoms with Gasteiger partial charge in [0.25, 0.3) is 0 Å². The van der Waals surface area contributed by atoms with Crippen molar-refractivity contribution in [2.45, 2.75) is 71.1 Å². The minimum Gasteiger partial charge on any atom is -0.382 e. The van der Waals surface area contributed by atoms with Gasteiger partial charge in [0.1, 0.15) is 0 Å². The first-order valence-electron chi connectivity index (χ1n) is 8.53. The van der Waals surface area contributed by atoms with Gasteiger partial charge in [0, 0.05) is 19.6 Å². The van der Waals surface area contributed by atoms with Gasteiger partial charge in [0.15, 0.2) is 0 Å². The first kappa shape index (κ1) is 18.3. The van der Waals surface area contributed by atoms with E-state index in [4.69, 9.17) is 4.74 Å². The average Bonchev–Trinajstić information content (AvgIpc) is 3.01. The number of rotatable bonds is 12. The highest BCUT2D eigenvalue weighted by atomic mass is 32.1. The van der Waals surface area contributed by atoms with Crippen molar-refractivity contribution in [3.05, 3.63) is 22.4 Å². The zero-order valence-corrected chi connectivity index (χ0v) is 14.4. The Bertz CT molecular complexity index is 372. The van der Waals surface area contributed by atoms with E-state index in [-0.39, 0.29) is 0 Å². The Morgan fingerprint density at radius 2 is 1.62 bits per heavy atom. The first-order valence-corrected chi connectivity index (χ1v) is 9.41. The highest BCUT2D eigenvalue weighted by molar-refractivity contribution is 7.10. The van der Waals surface area contributed by atoms with Gasteiger partial charge in [0.2, 0.25) is 0 Å². The van der Waals surface area contributed by atoms with Crippen LogP contribution in [-0.2, 0) is 4.74 Å². The molecule has 0 unspecified atom stereocenters. The summed E-state index contributed by atoms with van der Waals surface area (Å²) in [6, 6.07) is 4.15. The minimum absolute atomic E-state index is 0.859. The van der Waals surface area contributed by atoms with Crippen molar-refractivity contribution in [2.24, 2.45) is 0 Å². The summed E-state index contributed by atoms with van der Waals surface area (Å²) in [6.07, 6.45) is 13.1. The molecule has 0 aliphatic rings. The number of hydrogen-bond acceptors (Lipinski definition) is 2. The van der Waals surface area contributed by atoms with Gasteiger partial charge in [-0.2, -0.15) is 0 Å². The first-order chi connectivity index (χ1) is 10.4. The second-order valence-corrected chi connectivity index (χ2v) is 6.36. The summed E-state index contributed by atoms with van der Waals surface area (Å²) in [5, 5.41) is 2.08. The fourth-order valence-electron chi connectivity index (χ4n) is 2.30. The van der Waals surface area contributed by atoms with Crippen LogP contribution >= 0.6 is 11.3 Å². The van der Waals surface area contributed by atoms with Crippen molar-refractivity contribution >= 4 is 11.3 Å². The van der Waals surface area contributed by atoms with Crippen LogP contribution in [0.15, 0.2) is 17.5 Å². The van der Waals surface area contributed by atoms with Crippen molar-refractivity contribution < 1.29 is 4.74 Å². The maximum absolute atomic E-state index is 5.34. The molecule has 0 saturated heterocycles. The van der Waals surface area contributed by atoms with E-state index in [1.807, 2.05) is 0 Å². The van der Waals surface area contributed by atoms with Crippen LogP contribution < -0.4 is 0 Å². The fourth-order valence-corrected chi connectivity index (χ4v) is 2.89. The molecule has 0 aromatic carbocycles. The molecule has 0 bridgehead atoms. The van der Waals surface area contributed by atoms with Gasteiger partial charge in [-0.25, -0.2) is 0 Å². The number of hydrogen-bond donors (Lipinski definition) is 0. The van der Waals surface area contributed by atoms with Crippen molar-refractivity contribution in [2.75, 3.05) is 13.2 Å². The van der Waals surface area contributed by atoms with Gasteiger partial charge in [0.05, 0.1) is 4.88 Å². The monoisotopic (exact) mass is 306 g/mol. The van der Waals surface area contributed by atoms with Crippen LogP contribution in [0.4, 0.5) is 0 Å². The summed E-state index contributed by atoms with van der Waals surface area (Å²) < 4.78 is 5.34. The van der Waals surface area contributed by atoms with Gasteiger partial charge in [-0.15, -0.1) is 11.3 Å². The quantitative estimate of drug-likeness (QED) is 0.338. The lowest BCUT2D eigenvalue weighted by Crippen LogP contribution is -1.92. The second-order valence-electron chi connectivity index (χ2n) is 5.41. The van der Waals surface area contributed by atoms with E-state index >= 15 is 0 Å². The lowest BCUT2D eigenvalue weighted by atomic mass is 10.1. The Kier molecular flexibility index (Phi) is 12.3. The van der Waals surface area contributed by atoms with Gasteiger partial charge < -0.3 is 4.74 Å². The van der Waals surface area contributed by atoms with Crippen LogP contribution in [0.1, 0.15) is 76.0 Å². The molecule has 0 atom stereocenters. The maximum Gasteiger partial charge on any atom is 0.0768 e. The molecule has 0 N–H and O–H groups in total. The molecule has 1 aromatic rings. The molecule has 0 spiro atoms. The molecule has 0 radical (unpaired) electrons. The number of ether oxygens (including phenoxy) is 1. The van der Waals surface area contributed by atoms with Crippen LogP contribution in [0.2, 0.25) is 0 Å². The molecule has 1 nitrogen and oxygen atoms in total. The van der Waals surface area contributed by atoms with Crippen molar-refractivity contribution in [3.8, 4) is 11.8 Å². The topological polar surface area (TPSA) is 9.23 Å². The summed E-state index contributed by atoms with van der Waals surface area (Å²) in [6.45, 7) is 3.87. The molecular formula is C19H30OS. The van der Waals surface area contributed by atoms with Crippen molar-refractivity contribution in [3.63, 3.8) is 0 Å². The minimum atomic E-state index is 0.859. The lowest BCUT2D eigenvalue weighted by Gasteiger charge is -2.02. The van der Waals surface area contributed by atoms with E-state index in [2.05, 4.69) is 36.3 Å². The lowest BCUT2D eigenvalue weighted by molar-refractivity contribution is 0.143. The molecule has 0 amide bonds. The zero-order chi connectivity index (χ0) is 15.0. The van der Waals surface area contributed by atoms with E-state index in [0.717, 1.165) is 19.6 Å². The molecule has 0 aliphatic heterocycles. The molecule has 1 rings (SSSR count). The SMILES string of the molecule is CCOCCCCCCCCCCCC#Cc1cccs1. The Hall–Kier alpha value is -0.780. The highest BCUT2D eigenvalue weighted by Gasteiger charge is 1.93. The van der Waals surface area contributed by atoms with E-state index in [1.54, 1.807) is 11.3 Å². The fraction of sp³-hybridized carbons (Fsp3) is 0.684. The number of unbranched alkanes of at least 4 members (excludes halogenated alkanes) is 9. The standard InChI is InChI=1S/C19H30OS/c1-2-20-17-13-11-9-7-5-3-4-6-8-10-12-15-19-16-14-18-21-19/h14,16,18H,2-11,13,17H2,1H3. The van der Waals surface area contributed by atoms with Crippen molar-refractivity contribution in [1.82, 2.24) is 0 Å². The van der Waals surface area contributed by atoms with E-state index in [0.29, 0.717) is 0 Å². The van der Waals surface area contributed by atoms with Gasteiger partial charge >= 0.3 is 0 Å². The second kappa shape index (κ2) is 14.2. The Morgan fingerprint density at radius 1 is 0.952 bits per heavy atom. The van der Waals surface area contributed by atoms with Crippen LogP contribution in [0.5, 0.6) is 0 Å². The highest BCUT2D eigenvalue weighted by Crippen LogP contribution is 2.11. The molecule has 0 fully saturated rings. The van der Waals surface area contributed by atoms with Gasteiger partial charge in [-0.05, 0) is 31.2 Å². The predicted molar refractivity (Wildman–Crippen MR) is 93.9 cm³/mol. The molecule has 1 aromatic heterocycles. The summed E-state index contributed by atoms with van der Waals surface area (Å²) >= 11 is 1.73. The third-order valence-corrected chi connectivity index (χ3v) is 4.31. The molecule has 0 aliphatic carbocycles. The Morgan fingerprint density at radius 3 is 2.24 bits per heavy atom. The Balaban J connectivity index is 1.77. The smallest absolute Gasteiger partial charge is 0.0768 e. The zero-order valence-electron chi connectivity index (χ0n) is 13.5. The largest absolute Gasteiger partial charge is 0.382 e. The summed E-state index contributed by atoms with van der Waals surface area (Å²) in [5.41, 5.74) is 0. The number of thiophene rings is 1. The summed E-state index contributed by atoms with van der Waals surface area (Å²) in [5.74, 6) is 6.49. The van der Waals surface area contributed by atoms with Gasteiger partial charge in [-0.3, -0.25) is 0 Å². The molecule has 118 valence electrons. The van der Waals surface area contributed by atoms with E-state index in [9.17, 15) is 0 Å². The normalized spacial score (nSPS) is 10.3. The van der Waals surface area contributed by atoms with Crippen LogP contribution in [0.3, 0.4) is 0 Å². The Labute approximate surface area is 135 Å². The van der Waals surface area contributed by atoms with Crippen LogP contribution in [0, 0.1) is 11.8 Å². The summed E-state index contributed by atoms with van der Waals surface area (Å²) in [4.78, 5) is 1.19.